The minimum Gasteiger partial charge on any atom is -0.447 e. The number of alkyl carbamates (subject to hydrolysis) is 1. The van der Waals surface area contributed by atoms with Gasteiger partial charge in [0, 0.05) is 17.8 Å². The quantitative estimate of drug-likeness (QED) is 0.525. The van der Waals surface area contributed by atoms with Gasteiger partial charge in [0.2, 0.25) is 0 Å². The average Bonchev–Trinajstić information content (AvgIpc) is 2.81. The van der Waals surface area contributed by atoms with Gasteiger partial charge in [-0.15, -0.1) is 0 Å². The van der Waals surface area contributed by atoms with E-state index in [1.807, 2.05) is 81.4 Å². The van der Waals surface area contributed by atoms with Crippen molar-refractivity contribution in [1.82, 2.24) is 15.6 Å². The van der Waals surface area contributed by atoms with Crippen molar-refractivity contribution in [2.75, 3.05) is 0 Å². The number of aryl methyl sites for hydroxylation is 1. The van der Waals surface area contributed by atoms with Gasteiger partial charge < -0.3 is 15.4 Å². The molecule has 1 heterocycles. The van der Waals surface area contributed by atoms with Crippen molar-refractivity contribution in [3.8, 4) is 11.1 Å². The molecule has 0 saturated carbocycles. The number of pyridine rings is 1. The van der Waals surface area contributed by atoms with Gasteiger partial charge in [0.15, 0.2) is 0 Å². The van der Waals surface area contributed by atoms with E-state index in [2.05, 4.69) is 15.6 Å². The second-order valence-corrected chi connectivity index (χ2v) is 7.63. The molecule has 0 aliphatic heterocycles. The van der Waals surface area contributed by atoms with Crippen LogP contribution in [0.4, 0.5) is 4.79 Å². The van der Waals surface area contributed by atoms with E-state index in [9.17, 15) is 9.59 Å². The molecule has 0 bridgehead atoms. The molecule has 1 atom stereocenters. The number of hydrogen-bond donors (Lipinski definition) is 2. The average molecular weight is 432 g/mol. The monoisotopic (exact) mass is 431 g/mol. The lowest BCUT2D eigenvalue weighted by atomic mass is 9.95. The molecule has 0 aliphatic carbocycles. The summed E-state index contributed by atoms with van der Waals surface area (Å²) < 4.78 is 5.29. The third-order valence-electron chi connectivity index (χ3n) is 5.16. The first-order valence-electron chi connectivity index (χ1n) is 10.8. The Morgan fingerprint density at radius 1 is 0.906 bits per heavy atom. The molecule has 0 fully saturated rings. The maximum atomic E-state index is 13.0. The van der Waals surface area contributed by atoms with E-state index in [0.717, 1.165) is 34.5 Å². The molecule has 6 heteroatoms. The van der Waals surface area contributed by atoms with Crippen molar-refractivity contribution in [1.29, 1.82) is 0 Å². The number of benzene rings is 2. The summed E-state index contributed by atoms with van der Waals surface area (Å²) in [5, 5.41) is 5.76. The van der Waals surface area contributed by atoms with Gasteiger partial charge in [-0.2, -0.15) is 0 Å². The van der Waals surface area contributed by atoms with Gasteiger partial charge >= 0.3 is 6.09 Å². The van der Waals surface area contributed by atoms with Crippen LogP contribution in [0, 0.1) is 6.92 Å². The molecule has 3 rings (SSSR count). The largest absolute Gasteiger partial charge is 0.447 e. The molecular weight excluding hydrogens is 402 g/mol. The molecular formula is C26H29N3O3. The molecule has 1 aromatic heterocycles. The van der Waals surface area contributed by atoms with Crippen LogP contribution in [0.5, 0.6) is 0 Å². The smallest absolute Gasteiger partial charge is 0.407 e. The fourth-order valence-electron chi connectivity index (χ4n) is 3.29. The highest BCUT2D eigenvalue weighted by atomic mass is 16.6. The zero-order chi connectivity index (χ0) is 22.9. The first-order valence-corrected chi connectivity index (χ1v) is 10.8. The second-order valence-electron chi connectivity index (χ2n) is 7.63. The van der Waals surface area contributed by atoms with E-state index in [1.54, 1.807) is 6.07 Å². The predicted octanol–water partition coefficient (Wildman–Crippen LogP) is 5.01. The standard InChI is InChI=1S/C26H29N3O3/c1-4-19(3)32-26(31)28-16-20-11-5-6-13-22(20)23-14-7-8-15-24(23)25(30)27-17-21-12-9-10-18(2)29-21/h5-15,19H,4,16-17H2,1-3H3,(H,27,30)(H,28,31)/t19-/m1/s1. The molecule has 2 N–H and O–H groups in total. The summed E-state index contributed by atoms with van der Waals surface area (Å²) in [6, 6.07) is 20.9. The van der Waals surface area contributed by atoms with Crippen molar-refractivity contribution in [3.63, 3.8) is 0 Å². The first-order chi connectivity index (χ1) is 15.5. The van der Waals surface area contributed by atoms with Gasteiger partial charge in [-0.25, -0.2) is 4.79 Å². The molecule has 0 unspecified atom stereocenters. The summed E-state index contributed by atoms with van der Waals surface area (Å²) in [5.74, 6) is -0.178. The Balaban J connectivity index is 1.77. The van der Waals surface area contributed by atoms with Crippen LogP contribution in [0.1, 0.15) is 47.6 Å². The van der Waals surface area contributed by atoms with Crippen LogP contribution in [0.15, 0.2) is 66.7 Å². The molecule has 0 radical (unpaired) electrons. The Morgan fingerprint density at radius 3 is 2.38 bits per heavy atom. The van der Waals surface area contributed by atoms with E-state index in [-0.39, 0.29) is 12.0 Å². The number of hydrogen-bond acceptors (Lipinski definition) is 4. The Bertz CT molecular complexity index is 1080. The Hall–Kier alpha value is -3.67. The predicted molar refractivity (Wildman–Crippen MR) is 125 cm³/mol. The van der Waals surface area contributed by atoms with Crippen molar-refractivity contribution >= 4 is 12.0 Å². The highest BCUT2D eigenvalue weighted by Gasteiger charge is 2.16. The zero-order valence-electron chi connectivity index (χ0n) is 18.7. The molecule has 166 valence electrons. The molecule has 6 nitrogen and oxygen atoms in total. The highest BCUT2D eigenvalue weighted by molar-refractivity contribution is 6.01. The Labute approximate surface area is 189 Å². The fraction of sp³-hybridized carbons (Fsp3) is 0.269. The summed E-state index contributed by atoms with van der Waals surface area (Å²) in [5.41, 5.74) is 4.86. The minimum atomic E-state index is -0.453. The van der Waals surface area contributed by atoms with Crippen LogP contribution in [-0.4, -0.2) is 23.1 Å². The van der Waals surface area contributed by atoms with Crippen molar-refractivity contribution in [2.45, 2.75) is 46.4 Å². The van der Waals surface area contributed by atoms with E-state index in [1.165, 1.54) is 0 Å². The van der Waals surface area contributed by atoms with Gasteiger partial charge in [0.1, 0.15) is 6.10 Å². The van der Waals surface area contributed by atoms with E-state index in [4.69, 9.17) is 4.74 Å². The number of carbonyl (C=O) groups excluding carboxylic acids is 2. The second kappa shape index (κ2) is 11.1. The third kappa shape index (κ3) is 6.17. The van der Waals surface area contributed by atoms with Crippen molar-refractivity contribution in [3.05, 3.63) is 89.2 Å². The van der Waals surface area contributed by atoms with Crippen LogP contribution in [0.3, 0.4) is 0 Å². The van der Waals surface area contributed by atoms with Crippen LogP contribution >= 0.6 is 0 Å². The number of aromatic nitrogens is 1. The minimum absolute atomic E-state index is 0.141. The zero-order valence-corrected chi connectivity index (χ0v) is 18.7. The molecule has 0 saturated heterocycles. The van der Waals surface area contributed by atoms with Crippen molar-refractivity contribution < 1.29 is 14.3 Å². The maximum absolute atomic E-state index is 13.0. The fourth-order valence-corrected chi connectivity index (χ4v) is 3.29. The molecule has 3 aromatic rings. The van der Waals surface area contributed by atoms with E-state index >= 15 is 0 Å². The lowest BCUT2D eigenvalue weighted by Crippen LogP contribution is -2.27. The van der Waals surface area contributed by atoms with Crippen LogP contribution in [-0.2, 0) is 17.8 Å². The molecule has 2 amide bonds. The molecule has 32 heavy (non-hydrogen) atoms. The number of nitrogens with zero attached hydrogens (tertiary/aromatic N) is 1. The Kier molecular flexibility index (Phi) is 7.97. The number of ether oxygens (including phenoxy) is 1. The summed E-state index contributed by atoms with van der Waals surface area (Å²) in [6.07, 6.45) is 0.160. The van der Waals surface area contributed by atoms with E-state index in [0.29, 0.717) is 18.7 Å². The van der Waals surface area contributed by atoms with Crippen molar-refractivity contribution in [2.24, 2.45) is 0 Å². The summed E-state index contributed by atoms with van der Waals surface area (Å²) >= 11 is 0. The first kappa shape index (κ1) is 23.0. The normalized spacial score (nSPS) is 11.5. The SMILES string of the molecule is CC[C@@H](C)OC(=O)NCc1ccccc1-c1ccccc1C(=O)NCc1cccc(C)n1. The van der Waals surface area contributed by atoms with Gasteiger partial charge in [-0.05, 0) is 55.2 Å². The topological polar surface area (TPSA) is 80.3 Å². The number of rotatable bonds is 8. The van der Waals surface area contributed by atoms with Gasteiger partial charge in [0.25, 0.3) is 5.91 Å². The van der Waals surface area contributed by atoms with Crippen LogP contribution < -0.4 is 10.6 Å². The van der Waals surface area contributed by atoms with Crippen LogP contribution in [0.25, 0.3) is 11.1 Å². The summed E-state index contributed by atoms with van der Waals surface area (Å²) in [4.78, 5) is 29.5. The molecule has 0 spiro atoms. The number of carbonyl (C=O) groups is 2. The Morgan fingerprint density at radius 2 is 1.62 bits per heavy atom. The van der Waals surface area contributed by atoms with Crippen LogP contribution in [0.2, 0.25) is 0 Å². The van der Waals surface area contributed by atoms with Gasteiger partial charge in [-0.3, -0.25) is 9.78 Å². The van der Waals surface area contributed by atoms with Gasteiger partial charge in [-0.1, -0.05) is 55.5 Å². The molecule has 2 aromatic carbocycles. The number of amides is 2. The van der Waals surface area contributed by atoms with E-state index < -0.39 is 6.09 Å². The summed E-state index contributed by atoms with van der Waals surface area (Å²) in [6.45, 7) is 6.39. The highest BCUT2D eigenvalue weighted by Crippen LogP contribution is 2.27. The summed E-state index contributed by atoms with van der Waals surface area (Å²) in [7, 11) is 0. The lowest BCUT2D eigenvalue weighted by Gasteiger charge is -2.16. The maximum Gasteiger partial charge on any atom is 0.407 e. The van der Waals surface area contributed by atoms with Gasteiger partial charge in [0.05, 0.1) is 12.2 Å². The number of nitrogens with one attached hydrogen (secondary N) is 2. The lowest BCUT2D eigenvalue weighted by molar-refractivity contribution is 0.0950. The third-order valence-corrected chi connectivity index (χ3v) is 5.16. The molecule has 0 aliphatic rings.